The second-order valence-electron chi connectivity index (χ2n) is 5.56. The highest BCUT2D eigenvalue weighted by molar-refractivity contribution is 5.74. The summed E-state index contributed by atoms with van der Waals surface area (Å²) in [6, 6.07) is -1.34. The van der Waals surface area contributed by atoms with Crippen LogP contribution in [0.25, 0.3) is 0 Å². The first-order chi connectivity index (χ1) is 9.99. The van der Waals surface area contributed by atoms with Crippen molar-refractivity contribution in [2.24, 2.45) is 0 Å². The van der Waals surface area contributed by atoms with Gasteiger partial charge in [-0.2, -0.15) is 0 Å². The molecule has 0 bridgehead atoms. The Balaban J connectivity index is 3.22. The predicted molar refractivity (Wildman–Crippen MR) is 69.1 cm³/mol. The standard InChI is InChI=1S/C14H15F4NO3/c1-14(2,3)22-13(21)19(4)9(6-20)7-5-8(15)11(17)12(18)10(7)16/h5-6,9H,1-4H3. The third-order valence-corrected chi connectivity index (χ3v) is 2.68. The Kier molecular flexibility index (Phi) is 5.16. The molecule has 1 unspecified atom stereocenters. The van der Waals surface area contributed by atoms with Gasteiger partial charge in [0.1, 0.15) is 17.9 Å². The molecule has 0 saturated carbocycles. The van der Waals surface area contributed by atoms with Crippen LogP contribution >= 0.6 is 0 Å². The molecule has 0 aliphatic carbocycles. The highest BCUT2D eigenvalue weighted by atomic mass is 19.2. The topological polar surface area (TPSA) is 46.6 Å². The zero-order valence-corrected chi connectivity index (χ0v) is 12.4. The lowest BCUT2D eigenvalue weighted by molar-refractivity contribution is -0.112. The van der Waals surface area contributed by atoms with Gasteiger partial charge in [0.15, 0.2) is 23.3 Å². The van der Waals surface area contributed by atoms with Crippen LogP contribution in [0.4, 0.5) is 22.4 Å². The molecule has 0 radical (unpaired) electrons. The van der Waals surface area contributed by atoms with Crippen molar-refractivity contribution in [1.82, 2.24) is 4.90 Å². The molecular weight excluding hydrogens is 306 g/mol. The predicted octanol–water partition coefficient (Wildman–Crippen LogP) is 3.35. The van der Waals surface area contributed by atoms with E-state index in [0.717, 1.165) is 7.05 Å². The van der Waals surface area contributed by atoms with Crippen LogP contribution in [-0.4, -0.2) is 29.9 Å². The van der Waals surface area contributed by atoms with Crippen LogP contribution in [-0.2, 0) is 9.53 Å². The van der Waals surface area contributed by atoms with Crippen molar-refractivity contribution >= 4 is 12.4 Å². The molecule has 1 rings (SSSR count). The third-order valence-electron chi connectivity index (χ3n) is 2.68. The van der Waals surface area contributed by atoms with E-state index in [4.69, 9.17) is 4.74 Å². The first-order valence-corrected chi connectivity index (χ1v) is 6.23. The van der Waals surface area contributed by atoms with Crippen LogP contribution in [0, 0.1) is 23.3 Å². The maximum absolute atomic E-state index is 13.7. The average molecular weight is 321 g/mol. The Morgan fingerprint density at radius 2 is 1.73 bits per heavy atom. The molecule has 1 amide bonds. The van der Waals surface area contributed by atoms with Gasteiger partial charge in [-0.3, -0.25) is 4.90 Å². The number of hydrogen-bond acceptors (Lipinski definition) is 3. The smallest absolute Gasteiger partial charge is 0.410 e. The number of hydrogen-bond donors (Lipinski definition) is 0. The van der Waals surface area contributed by atoms with Gasteiger partial charge in [0, 0.05) is 12.6 Å². The fourth-order valence-electron chi connectivity index (χ4n) is 1.63. The van der Waals surface area contributed by atoms with Crippen molar-refractivity contribution in [1.29, 1.82) is 0 Å². The lowest BCUT2D eigenvalue weighted by Crippen LogP contribution is -2.37. The van der Waals surface area contributed by atoms with E-state index in [1.807, 2.05) is 0 Å². The van der Waals surface area contributed by atoms with E-state index in [1.165, 1.54) is 0 Å². The van der Waals surface area contributed by atoms with Crippen LogP contribution in [0.5, 0.6) is 0 Å². The number of benzene rings is 1. The van der Waals surface area contributed by atoms with E-state index in [9.17, 15) is 27.2 Å². The number of aldehydes is 1. The number of carbonyl (C=O) groups is 2. The highest BCUT2D eigenvalue weighted by Gasteiger charge is 2.31. The van der Waals surface area contributed by atoms with E-state index >= 15 is 0 Å². The minimum atomic E-state index is -2.06. The molecule has 0 heterocycles. The largest absolute Gasteiger partial charge is 0.444 e. The maximum Gasteiger partial charge on any atom is 0.410 e. The lowest BCUT2D eigenvalue weighted by atomic mass is 10.1. The molecule has 122 valence electrons. The number of ether oxygens (including phenoxy) is 1. The van der Waals surface area contributed by atoms with Crippen molar-refractivity contribution in [2.75, 3.05) is 7.05 Å². The average Bonchev–Trinajstić information content (AvgIpc) is 2.40. The van der Waals surface area contributed by atoms with Crippen LogP contribution < -0.4 is 0 Å². The SMILES string of the molecule is CN(C(=O)OC(C)(C)C)C(C=O)c1cc(F)c(F)c(F)c1F. The summed E-state index contributed by atoms with van der Waals surface area (Å²) < 4.78 is 58.1. The van der Waals surface area contributed by atoms with Gasteiger partial charge in [0.05, 0.1) is 0 Å². The van der Waals surface area contributed by atoms with Gasteiger partial charge in [-0.15, -0.1) is 0 Å². The second kappa shape index (κ2) is 6.33. The molecule has 1 aromatic carbocycles. The Morgan fingerprint density at radius 1 is 1.18 bits per heavy atom. The lowest BCUT2D eigenvalue weighted by Gasteiger charge is -2.28. The van der Waals surface area contributed by atoms with Gasteiger partial charge >= 0.3 is 6.09 Å². The molecule has 0 N–H and O–H groups in total. The van der Waals surface area contributed by atoms with E-state index < -0.39 is 46.6 Å². The number of amides is 1. The number of likely N-dealkylation sites (N-methyl/N-ethyl adjacent to an activating group) is 1. The summed E-state index contributed by atoms with van der Waals surface area (Å²) in [5.74, 6) is -7.46. The Labute approximate surface area is 124 Å². The molecule has 4 nitrogen and oxygen atoms in total. The van der Waals surface area contributed by atoms with E-state index in [2.05, 4.69) is 0 Å². The van der Waals surface area contributed by atoms with Gasteiger partial charge in [0.2, 0.25) is 0 Å². The van der Waals surface area contributed by atoms with Gasteiger partial charge in [0.25, 0.3) is 0 Å². The molecule has 0 fully saturated rings. The molecule has 1 atom stereocenters. The molecular formula is C14H15F4NO3. The molecule has 0 aliphatic heterocycles. The quantitative estimate of drug-likeness (QED) is 0.371. The van der Waals surface area contributed by atoms with E-state index in [1.54, 1.807) is 20.8 Å². The number of carbonyl (C=O) groups excluding carboxylic acids is 2. The highest BCUT2D eigenvalue weighted by Crippen LogP contribution is 2.27. The fourth-order valence-corrected chi connectivity index (χ4v) is 1.63. The molecule has 0 aromatic heterocycles. The summed E-state index contributed by atoms with van der Waals surface area (Å²) in [7, 11) is 1.09. The molecule has 8 heteroatoms. The zero-order chi connectivity index (χ0) is 17.2. The molecule has 0 saturated heterocycles. The molecule has 0 aliphatic rings. The number of rotatable bonds is 3. The Bertz CT molecular complexity index is 599. The normalized spacial score (nSPS) is 12.7. The van der Waals surface area contributed by atoms with Crippen LogP contribution in [0.1, 0.15) is 32.4 Å². The van der Waals surface area contributed by atoms with Gasteiger partial charge in [-0.05, 0) is 26.8 Å². The van der Waals surface area contributed by atoms with Gasteiger partial charge < -0.3 is 9.53 Å². The van der Waals surface area contributed by atoms with E-state index in [0.29, 0.717) is 11.0 Å². The molecule has 1 aromatic rings. The van der Waals surface area contributed by atoms with Crippen molar-refractivity contribution in [3.05, 3.63) is 34.9 Å². The van der Waals surface area contributed by atoms with Crippen LogP contribution in [0.3, 0.4) is 0 Å². The van der Waals surface area contributed by atoms with Crippen LogP contribution in [0.2, 0.25) is 0 Å². The van der Waals surface area contributed by atoms with Crippen molar-refractivity contribution < 1.29 is 31.9 Å². The third kappa shape index (κ3) is 3.75. The zero-order valence-electron chi connectivity index (χ0n) is 12.4. The minimum Gasteiger partial charge on any atom is -0.444 e. The second-order valence-corrected chi connectivity index (χ2v) is 5.56. The van der Waals surface area contributed by atoms with E-state index in [-0.39, 0.29) is 6.29 Å². The van der Waals surface area contributed by atoms with Crippen LogP contribution in [0.15, 0.2) is 6.07 Å². The first kappa shape index (κ1) is 17.9. The summed E-state index contributed by atoms with van der Waals surface area (Å²) in [6.07, 6.45) is -0.909. The monoisotopic (exact) mass is 321 g/mol. The maximum atomic E-state index is 13.7. The molecule has 0 spiro atoms. The van der Waals surface area contributed by atoms with Gasteiger partial charge in [-0.1, -0.05) is 0 Å². The Morgan fingerprint density at radius 3 is 2.18 bits per heavy atom. The fraction of sp³-hybridized carbons (Fsp3) is 0.429. The summed E-state index contributed by atoms with van der Waals surface area (Å²) in [5.41, 5.74) is -1.70. The summed E-state index contributed by atoms with van der Waals surface area (Å²) in [5, 5.41) is 0. The van der Waals surface area contributed by atoms with Gasteiger partial charge in [-0.25, -0.2) is 22.4 Å². The summed E-state index contributed by atoms with van der Waals surface area (Å²) in [6.45, 7) is 4.69. The van der Waals surface area contributed by atoms with Crippen molar-refractivity contribution in [3.63, 3.8) is 0 Å². The number of nitrogens with zero attached hydrogens (tertiary/aromatic N) is 1. The summed E-state index contributed by atoms with van der Waals surface area (Å²) in [4.78, 5) is 23.6. The molecule has 22 heavy (non-hydrogen) atoms. The van der Waals surface area contributed by atoms with Crippen molar-refractivity contribution in [2.45, 2.75) is 32.4 Å². The van der Waals surface area contributed by atoms with Crippen molar-refractivity contribution in [3.8, 4) is 0 Å². The summed E-state index contributed by atoms with van der Waals surface area (Å²) >= 11 is 0. The first-order valence-electron chi connectivity index (χ1n) is 6.23. The Hall–Kier alpha value is -2.12. The number of halogens is 4. The minimum absolute atomic E-state index is 0.0963.